The molecule has 0 bridgehead atoms. The van der Waals surface area contributed by atoms with Gasteiger partial charge in [-0.15, -0.1) is 0 Å². The monoisotopic (exact) mass is 262 g/mol. The second-order valence-corrected chi connectivity index (χ2v) is 4.65. The highest BCUT2D eigenvalue weighted by Gasteiger charge is 2.25. The van der Waals surface area contributed by atoms with Gasteiger partial charge in [0.2, 0.25) is 0 Å². The van der Waals surface area contributed by atoms with Gasteiger partial charge >= 0.3 is 0 Å². The fourth-order valence-corrected chi connectivity index (χ4v) is 1.87. The van der Waals surface area contributed by atoms with Crippen molar-refractivity contribution in [2.24, 2.45) is 5.73 Å². The van der Waals surface area contributed by atoms with Gasteiger partial charge in [0, 0.05) is 6.54 Å². The van der Waals surface area contributed by atoms with E-state index in [9.17, 15) is 0 Å². The summed E-state index contributed by atoms with van der Waals surface area (Å²) in [6.07, 6.45) is 3.01. The zero-order chi connectivity index (χ0) is 13.0. The van der Waals surface area contributed by atoms with Gasteiger partial charge in [-0.05, 0) is 12.5 Å². The van der Waals surface area contributed by atoms with Gasteiger partial charge in [-0.25, -0.2) is 9.97 Å². The van der Waals surface area contributed by atoms with E-state index in [1.165, 1.54) is 6.33 Å². The van der Waals surface area contributed by atoms with E-state index in [0.29, 0.717) is 17.4 Å². The number of hydrogen-bond donors (Lipinski definition) is 2. The average molecular weight is 263 g/mol. The molecule has 5 heteroatoms. The zero-order valence-corrected chi connectivity index (χ0v) is 10.9. The van der Waals surface area contributed by atoms with Crippen LogP contribution < -0.4 is 11.1 Å². The van der Waals surface area contributed by atoms with Crippen LogP contribution in [0.2, 0.25) is 5.02 Å². The third-order valence-corrected chi connectivity index (χ3v) is 3.16. The van der Waals surface area contributed by atoms with Crippen molar-refractivity contribution in [1.29, 1.82) is 0 Å². The molecular weight excluding hydrogens is 248 g/mol. The molecule has 1 aromatic carbocycles. The van der Waals surface area contributed by atoms with Gasteiger partial charge in [-0.1, -0.05) is 41.9 Å². The summed E-state index contributed by atoms with van der Waals surface area (Å²) in [4.78, 5) is 7.99. The highest BCUT2D eigenvalue weighted by molar-refractivity contribution is 6.32. The van der Waals surface area contributed by atoms with E-state index in [-0.39, 0.29) is 0 Å². The summed E-state index contributed by atoms with van der Waals surface area (Å²) in [6.45, 7) is 2.44. The van der Waals surface area contributed by atoms with Crippen molar-refractivity contribution in [3.63, 3.8) is 0 Å². The average Bonchev–Trinajstić information content (AvgIpc) is 2.42. The van der Waals surface area contributed by atoms with Crippen molar-refractivity contribution in [3.8, 4) is 0 Å². The van der Waals surface area contributed by atoms with Gasteiger partial charge in [-0.2, -0.15) is 0 Å². The predicted molar refractivity (Wildman–Crippen MR) is 73.5 cm³/mol. The van der Waals surface area contributed by atoms with Crippen molar-refractivity contribution in [2.45, 2.75) is 12.5 Å². The smallest absolute Gasteiger partial charge is 0.148 e. The highest BCUT2D eigenvalue weighted by Crippen LogP contribution is 2.27. The van der Waals surface area contributed by atoms with Crippen molar-refractivity contribution >= 4 is 17.4 Å². The summed E-state index contributed by atoms with van der Waals surface area (Å²) in [6, 6.07) is 9.97. The fraction of sp³-hybridized carbons (Fsp3) is 0.231. The Morgan fingerprint density at radius 1 is 1.33 bits per heavy atom. The fourth-order valence-electron chi connectivity index (χ4n) is 1.71. The van der Waals surface area contributed by atoms with Gasteiger partial charge in [0.15, 0.2) is 0 Å². The van der Waals surface area contributed by atoms with Crippen molar-refractivity contribution < 1.29 is 0 Å². The molecule has 1 atom stereocenters. The van der Waals surface area contributed by atoms with Crippen LogP contribution in [0.15, 0.2) is 42.9 Å². The molecule has 94 valence electrons. The Morgan fingerprint density at radius 3 is 2.67 bits per heavy atom. The summed E-state index contributed by atoms with van der Waals surface area (Å²) in [5.41, 5.74) is 6.56. The molecule has 0 saturated heterocycles. The molecule has 2 aromatic rings. The van der Waals surface area contributed by atoms with Crippen LogP contribution in [0.4, 0.5) is 5.82 Å². The molecule has 1 unspecified atom stereocenters. The van der Waals surface area contributed by atoms with Crippen LogP contribution in [0.25, 0.3) is 0 Å². The van der Waals surface area contributed by atoms with Crippen LogP contribution in [0.3, 0.4) is 0 Å². The molecule has 0 spiro atoms. The lowest BCUT2D eigenvalue weighted by atomic mass is 9.92. The summed E-state index contributed by atoms with van der Waals surface area (Å²) in [7, 11) is 0. The number of hydrogen-bond acceptors (Lipinski definition) is 4. The topological polar surface area (TPSA) is 63.8 Å². The number of nitrogens with one attached hydrogen (secondary N) is 1. The Bertz CT molecular complexity index is 517. The quantitative estimate of drug-likeness (QED) is 0.888. The number of nitrogens with two attached hydrogens (primary N) is 1. The number of halogens is 1. The summed E-state index contributed by atoms with van der Waals surface area (Å²) in [5.74, 6) is 0.587. The van der Waals surface area contributed by atoms with Crippen LogP contribution in [-0.2, 0) is 5.54 Å². The minimum absolute atomic E-state index is 0.417. The molecule has 1 heterocycles. The lowest BCUT2D eigenvalue weighted by Crippen LogP contribution is -2.40. The van der Waals surface area contributed by atoms with Crippen LogP contribution in [0.1, 0.15) is 12.5 Å². The van der Waals surface area contributed by atoms with Gasteiger partial charge in [0.25, 0.3) is 0 Å². The number of nitrogens with zero attached hydrogens (tertiary/aromatic N) is 2. The first-order chi connectivity index (χ1) is 8.65. The van der Waals surface area contributed by atoms with Crippen LogP contribution in [0, 0.1) is 0 Å². The Kier molecular flexibility index (Phi) is 3.79. The lowest BCUT2D eigenvalue weighted by molar-refractivity contribution is 0.554. The van der Waals surface area contributed by atoms with E-state index in [4.69, 9.17) is 17.3 Å². The molecular formula is C13H15ClN4. The Morgan fingerprint density at radius 2 is 2.06 bits per heavy atom. The standard InChI is InChI=1S/C13H15ClN4/c1-13(8-15,10-5-3-2-4-6-10)18-12-11(14)7-16-9-17-12/h2-7,9H,8,15H2,1H3,(H,16,17,18). The first kappa shape index (κ1) is 12.8. The van der Waals surface area contributed by atoms with Crippen molar-refractivity contribution in [1.82, 2.24) is 9.97 Å². The van der Waals surface area contributed by atoms with Crippen LogP contribution >= 0.6 is 11.6 Å². The number of aromatic nitrogens is 2. The second-order valence-electron chi connectivity index (χ2n) is 4.25. The molecule has 0 saturated carbocycles. The summed E-state index contributed by atoms with van der Waals surface area (Å²) in [5, 5.41) is 3.76. The lowest BCUT2D eigenvalue weighted by Gasteiger charge is -2.30. The van der Waals surface area contributed by atoms with Crippen LogP contribution in [0.5, 0.6) is 0 Å². The van der Waals surface area contributed by atoms with E-state index in [1.807, 2.05) is 37.3 Å². The Balaban J connectivity index is 2.32. The number of benzene rings is 1. The van der Waals surface area contributed by atoms with E-state index < -0.39 is 5.54 Å². The molecule has 0 fully saturated rings. The van der Waals surface area contributed by atoms with E-state index in [2.05, 4.69) is 15.3 Å². The third kappa shape index (κ3) is 2.60. The maximum atomic E-state index is 6.05. The van der Waals surface area contributed by atoms with Crippen molar-refractivity contribution in [2.75, 3.05) is 11.9 Å². The summed E-state index contributed by atoms with van der Waals surface area (Å²) >= 11 is 6.05. The second kappa shape index (κ2) is 5.33. The highest BCUT2D eigenvalue weighted by atomic mass is 35.5. The summed E-state index contributed by atoms with van der Waals surface area (Å²) < 4.78 is 0. The van der Waals surface area contributed by atoms with Crippen LogP contribution in [-0.4, -0.2) is 16.5 Å². The van der Waals surface area contributed by atoms with E-state index in [1.54, 1.807) is 6.20 Å². The van der Waals surface area contributed by atoms with E-state index >= 15 is 0 Å². The maximum absolute atomic E-state index is 6.05. The maximum Gasteiger partial charge on any atom is 0.148 e. The molecule has 4 nitrogen and oxygen atoms in total. The molecule has 0 radical (unpaired) electrons. The predicted octanol–water partition coefficient (Wildman–Crippen LogP) is 2.42. The number of anilines is 1. The Hall–Kier alpha value is -1.65. The molecule has 0 aliphatic heterocycles. The normalized spacial score (nSPS) is 13.9. The molecule has 1 aromatic heterocycles. The SMILES string of the molecule is CC(CN)(Nc1ncncc1Cl)c1ccccc1. The molecule has 2 rings (SSSR count). The van der Waals surface area contributed by atoms with Gasteiger partial charge in [0.1, 0.15) is 17.2 Å². The first-order valence-electron chi connectivity index (χ1n) is 5.65. The van der Waals surface area contributed by atoms with E-state index in [0.717, 1.165) is 5.56 Å². The van der Waals surface area contributed by atoms with Gasteiger partial charge in [0.05, 0.1) is 11.7 Å². The minimum Gasteiger partial charge on any atom is -0.358 e. The molecule has 0 amide bonds. The Labute approximate surface area is 111 Å². The largest absolute Gasteiger partial charge is 0.358 e. The van der Waals surface area contributed by atoms with Crippen molar-refractivity contribution in [3.05, 3.63) is 53.4 Å². The molecule has 3 N–H and O–H groups in total. The van der Waals surface area contributed by atoms with Gasteiger partial charge < -0.3 is 11.1 Å². The molecule has 18 heavy (non-hydrogen) atoms. The third-order valence-electron chi connectivity index (χ3n) is 2.88. The minimum atomic E-state index is -0.417. The zero-order valence-electron chi connectivity index (χ0n) is 10.1. The molecule has 0 aliphatic rings. The molecule has 0 aliphatic carbocycles. The number of rotatable bonds is 4. The van der Waals surface area contributed by atoms with Gasteiger partial charge in [-0.3, -0.25) is 0 Å². The first-order valence-corrected chi connectivity index (χ1v) is 6.03.